The number of imidazole rings is 1. The summed E-state index contributed by atoms with van der Waals surface area (Å²) in [5.41, 5.74) is 0. The lowest BCUT2D eigenvalue weighted by Gasteiger charge is -2.12. The van der Waals surface area contributed by atoms with Crippen molar-refractivity contribution in [2.24, 2.45) is 7.05 Å². The number of carboxylic acid groups (broad SMARTS) is 1. The summed E-state index contributed by atoms with van der Waals surface area (Å²) in [6.07, 6.45) is 2.65. The molecule has 1 aromatic rings. The van der Waals surface area contributed by atoms with E-state index in [1.165, 1.54) is 24.2 Å². The van der Waals surface area contributed by atoms with Crippen molar-refractivity contribution in [3.63, 3.8) is 0 Å². The Bertz CT molecular complexity index is 510. The number of carboxylic acids is 1. The summed E-state index contributed by atoms with van der Waals surface area (Å²) in [4.78, 5) is 14.6. The predicted molar refractivity (Wildman–Crippen MR) is 61.4 cm³/mol. The van der Waals surface area contributed by atoms with Gasteiger partial charge in [-0.15, -0.1) is 0 Å². The first-order valence-electron chi connectivity index (χ1n) is 5.09. The fraction of sp³-hybridized carbons (Fsp3) is 0.556. The lowest BCUT2D eigenvalue weighted by atomic mass is 10.2. The SMILES string of the molecule is COCCC(NS(=O)(=O)c1cn(C)cn1)C(=O)O. The molecule has 0 spiro atoms. The van der Waals surface area contributed by atoms with E-state index in [0.717, 1.165) is 0 Å². The number of sulfonamides is 1. The van der Waals surface area contributed by atoms with Crippen LogP contribution in [-0.2, 0) is 26.6 Å². The van der Waals surface area contributed by atoms with Crippen LogP contribution in [0.1, 0.15) is 6.42 Å². The van der Waals surface area contributed by atoms with Gasteiger partial charge in [-0.3, -0.25) is 4.79 Å². The summed E-state index contributed by atoms with van der Waals surface area (Å²) in [5.74, 6) is -1.26. The zero-order chi connectivity index (χ0) is 13.8. The van der Waals surface area contributed by atoms with E-state index in [2.05, 4.69) is 9.71 Å². The first kappa shape index (κ1) is 14.6. The molecule has 0 aliphatic heterocycles. The highest BCUT2D eigenvalue weighted by Gasteiger charge is 2.26. The van der Waals surface area contributed by atoms with Crippen molar-refractivity contribution in [3.05, 3.63) is 12.5 Å². The van der Waals surface area contributed by atoms with Gasteiger partial charge in [0.05, 0.1) is 6.33 Å². The third-order valence-corrected chi connectivity index (χ3v) is 3.52. The standard InChI is InChI=1S/C9H15N3O5S/c1-12-5-8(10-6-12)18(15,16)11-7(9(13)14)3-4-17-2/h5-7,11H,3-4H2,1-2H3,(H,13,14). The summed E-state index contributed by atoms with van der Waals surface area (Å²) in [6, 6.07) is -1.24. The molecule has 0 fully saturated rings. The highest BCUT2D eigenvalue weighted by atomic mass is 32.2. The molecule has 8 nitrogen and oxygen atoms in total. The number of aliphatic carboxylic acids is 1. The van der Waals surface area contributed by atoms with Crippen LogP contribution in [-0.4, -0.2) is 48.8 Å². The van der Waals surface area contributed by atoms with Gasteiger partial charge in [0.2, 0.25) is 0 Å². The summed E-state index contributed by atoms with van der Waals surface area (Å²) in [5, 5.41) is 8.69. The minimum Gasteiger partial charge on any atom is -0.480 e. The van der Waals surface area contributed by atoms with Crippen molar-refractivity contribution in [2.75, 3.05) is 13.7 Å². The second-order valence-electron chi connectivity index (χ2n) is 3.67. The minimum atomic E-state index is -3.93. The van der Waals surface area contributed by atoms with Crippen molar-refractivity contribution < 1.29 is 23.1 Å². The van der Waals surface area contributed by atoms with Crippen LogP contribution in [0.25, 0.3) is 0 Å². The van der Waals surface area contributed by atoms with Crippen LogP contribution in [0.15, 0.2) is 17.6 Å². The maximum Gasteiger partial charge on any atom is 0.321 e. The quantitative estimate of drug-likeness (QED) is 0.674. The van der Waals surface area contributed by atoms with Gasteiger partial charge in [0.25, 0.3) is 10.0 Å². The van der Waals surface area contributed by atoms with Crippen LogP contribution >= 0.6 is 0 Å². The number of carbonyl (C=O) groups is 1. The van der Waals surface area contributed by atoms with Crippen LogP contribution in [0, 0.1) is 0 Å². The molecule has 0 amide bonds. The summed E-state index contributed by atoms with van der Waals surface area (Å²) in [6.45, 7) is 0.141. The van der Waals surface area contributed by atoms with Gasteiger partial charge < -0.3 is 14.4 Å². The van der Waals surface area contributed by atoms with Gasteiger partial charge in [-0.2, -0.15) is 4.72 Å². The zero-order valence-corrected chi connectivity index (χ0v) is 10.8. The number of ether oxygens (including phenoxy) is 1. The van der Waals surface area contributed by atoms with Gasteiger partial charge in [0.15, 0.2) is 5.03 Å². The molecule has 0 aliphatic carbocycles. The molecule has 1 aromatic heterocycles. The molecular formula is C9H15N3O5S. The van der Waals surface area contributed by atoms with Gasteiger partial charge in [0, 0.05) is 27.0 Å². The Kier molecular flexibility index (Phi) is 4.82. The van der Waals surface area contributed by atoms with E-state index < -0.39 is 22.0 Å². The molecule has 1 rings (SSSR count). The van der Waals surface area contributed by atoms with E-state index in [4.69, 9.17) is 9.84 Å². The van der Waals surface area contributed by atoms with Crippen molar-refractivity contribution in [2.45, 2.75) is 17.5 Å². The largest absolute Gasteiger partial charge is 0.480 e. The second kappa shape index (κ2) is 5.94. The Morgan fingerprint density at radius 2 is 2.33 bits per heavy atom. The Morgan fingerprint density at radius 1 is 1.67 bits per heavy atom. The van der Waals surface area contributed by atoms with Gasteiger partial charge in [-0.05, 0) is 6.42 Å². The van der Waals surface area contributed by atoms with E-state index in [1.54, 1.807) is 7.05 Å². The molecule has 0 bridgehead atoms. The summed E-state index contributed by atoms with van der Waals surface area (Å²) >= 11 is 0. The Balaban J connectivity index is 2.82. The molecular weight excluding hydrogens is 262 g/mol. The molecule has 0 saturated heterocycles. The average Bonchev–Trinajstić information content (AvgIpc) is 2.71. The van der Waals surface area contributed by atoms with Gasteiger partial charge in [-0.1, -0.05) is 0 Å². The first-order chi connectivity index (χ1) is 8.36. The van der Waals surface area contributed by atoms with Crippen LogP contribution in [0.5, 0.6) is 0 Å². The van der Waals surface area contributed by atoms with Gasteiger partial charge in [-0.25, -0.2) is 13.4 Å². The molecule has 0 aromatic carbocycles. The highest BCUT2D eigenvalue weighted by molar-refractivity contribution is 7.89. The van der Waals surface area contributed by atoms with Crippen molar-refractivity contribution >= 4 is 16.0 Å². The Hall–Kier alpha value is -1.45. The number of hydrogen-bond donors (Lipinski definition) is 2. The van der Waals surface area contributed by atoms with Crippen LogP contribution in [0.3, 0.4) is 0 Å². The molecule has 18 heavy (non-hydrogen) atoms. The lowest BCUT2D eigenvalue weighted by Crippen LogP contribution is -2.41. The van der Waals surface area contributed by atoms with Crippen molar-refractivity contribution in [1.29, 1.82) is 0 Å². The van der Waals surface area contributed by atoms with Crippen molar-refractivity contribution in [3.8, 4) is 0 Å². The van der Waals surface area contributed by atoms with Crippen LogP contribution in [0.4, 0.5) is 0 Å². The highest BCUT2D eigenvalue weighted by Crippen LogP contribution is 2.06. The molecule has 0 saturated carbocycles. The first-order valence-corrected chi connectivity index (χ1v) is 6.57. The number of hydrogen-bond acceptors (Lipinski definition) is 5. The lowest BCUT2D eigenvalue weighted by molar-refractivity contribution is -0.139. The number of nitrogens with one attached hydrogen (secondary N) is 1. The van der Waals surface area contributed by atoms with E-state index in [0.29, 0.717) is 0 Å². The molecule has 2 N–H and O–H groups in total. The molecule has 1 heterocycles. The topological polar surface area (TPSA) is 111 Å². The van der Waals surface area contributed by atoms with E-state index in [-0.39, 0.29) is 18.1 Å². The molecule has 0 aliphatic rings. The number of nitrogens with zero attached hydrogens (tertiary/aromatic N) is 2. The van der Waals surface area contributed by atoms with E-state index >= 15 is 0 Å². The zero-order valence-electron chi connectivity index (χ0n) is 10.0. The molecule has 1 atom stereocenters. The fourth-order valence-electron chi connectivity index (χ4n) is 1.24. The maximum absolute atomic E-state index is 11.8. The fourth-order valence-corrected chi connectivity index (χ4v) is 2.45. The average molecular weight is 277 g/mol. The minimum absolute atomic E-state index is 0.0396. The third-order valence-electron chi connectivity index (χ3n) is 2.16. The molecule has 1 unspecified atom stereocenters. The van der Waals surface area contributed by atoms with Gasteiger partial charge >= 0.3 is 5.97 Å². The van der Waals surface area contributed by atoms with Crippen molar-refractivity contribution in [1.82, 2.24) is 14.3 Å². The van der Waals surface area contributed by atoms with Crippen LogP contribution in [0.2, 0.25) is 0 Å². The molecule has 102 valence electrons. The monoisotopic (exact) mass is 277 g/mol. The third kappa shape index (κ3) is 3.79. The van der Waals surface area contributed by atoms with Crippen LogP contribution < -0.4 is 4.72 Å². The molecule has 9 heteroatoms. The smallest absolute Gasteiger partial charge is 0.321 e. The Morgan fingerprint density at radius 3 is 2.78 bits per heavy atom. The van der Waals surface area contributed by atoms with E-state index in [1.807, 2.05) is 0 Å². The molecule has 0 radical (unpaired) electrons. The summed E-state index contributed by atoms with van der Waals surface area (Å²) < 4.78 is 31.9. The second-order valence-corrected chi connectivity index (χ2v) is 5.33. The van der Waals surface area contributed by atoms with E-state index in [9.17, 15) is 13.2 Å². The van der Waals surface area contributed by atoms with Gasteiger partial charge in [0.1, 0.15) is 6.04 Å². The Labute approximate surface area is 105 Å². The predicted octanol–water partition coefficient (Wildman–Crippen LogP) is -0.812. The number of methoxy groups -OCH3 is 1. The number of aryl methyl sites for hydroxylation is 1. The maximum atomic E-state index is 11.8. The number of aromatic nitrogens is 2. The normalized spacial score (nSPS) is 13.4. The number of rotatable bonds is 7. The summed E-state index contributed by atoms with van der Waals surface area (Å²) in [7, 11) is -0.907.